The van der Waals surface area contributed by atoms with Crippen LogP contribution < -0.4 is 15.3 Å². The monoisotopic (exact) mass is 448 g/mol. The van der Waals surface area contributed by atoms with Crippen molar-refractivity contribution in [1.29, 1.82) is 0 Å². The molecular formula is C25H28N4O4. The van der Waals surface area contributed by atoms with E-state index in [1.54, 1.807) is 11.9 Å². The summed E-state index contributed by atoms with van der Waals surface area (Å²) in [6.45, 7) is 8.91. The van der Waals surface area contributed by atoms with Gasteiger partial charge in [-0.3, -0.25) is 5.01 Å². The number of fused-ring (bicyclic) bond motifs is 1. The summed E-state index contributed by atoms with van der Waals surface area (Å²) >= 11 is 0. The number of aromatic nitrogens is 1. The number of hydrazine groups is 1. The first kappa shape index (κ1) is 21.5. The number of esters is 1. The molecule has 0 radical (unpaired) electrons. The number of carbonyl (C=O) groups is 1. The highest BCUT2D eigenvalue weighted by molar-refractivity contribution is 5.95. The van der Waals surface area contributed by atoms with Crippen molar-refractivity contribution < 1.29 is 18.7 Å². The highest BCUT2D eigenvalue weighted by Crippen LogP contribution is 2.36. The van der Waals surface area contributed by atoms with Gasteiger partial charge in [-0.05, 0) is 32.4 Å². The fourth-order valence-electron chi connectivity index (χ4n) is 4.33. The lowest BCUT2D eigenvalue weighted by Gasteiger charge is -2.30. The molecule has 0 bridgehead atoms. The lowest BCUT2D eigenvalue weighted by atomic mass is 10.0. The van der Waals surface area contributed by atoms with Crippen molar-refractivity contribution in [3.8, 4) is 0 Å². The lowest BCUT2D eigenvalue weighted by Crippen LogP contribution is -2.38. The predicted octanol–water partition coefficient (Wildman–Crippen LogP) is 3.79. The molecule has 1 fully saturated rings. The third-order valence-electron chi connectivity index (χ3n) is 5.87. The summed E-state index contributed by atoms with van der Waals surface area (Å²) in [5.41, 5.74) is 8.51. The SMILES string of the molecule is CCOC(=O)C1=CC(c2cccc(C)c2)NN1c1cc(N2CCOCC2)c2oc(C)cc2n1. The Hall–Kier alpha value is -3.36. The largest absolute Gasteiger partial charge is 0.461 e. The normalized spacial score (nSPS) is 18.6. The molecule has 0 aliphatic carbocycles. The van der Waals surface area contributed by atoms with Gasteiger partial charge in [-0.15, -0.1) is 0 Å². The quantitative estimate of drug-likeness (QED) is 0.591. The number of ether oxygens (including phenoxy) is 2. The molecule has 1 saturated heterocycles. The van der Waals surface area contributed by atoms with Crippen LogP contribution >= 0.6 is 0 Å². The zero-order valence-electron chi connectivity index (χ0n) is 19.1. The first-order chi connectivity index (χ1) is 16.0. The van der Waals surface area contributed by atoms with Gasteiger partial charge < -0.3 is 18.8 Å². The molecule has 8 nitrogen and oxygen atoms in total. The number of pyridine rings is 1. The van der Waals surface area contributed by atoms with Crippen LogP contribution in [-0.2, 0) is 14.3 Å². The van der Waals surface area contributed by atoms with Crippen LogP contribution in [0.25, 0.3) is 11.1 Å². The van der Waals surface area contributed by atoms with E-state index in [0.29, 0.717) is 31.3 Å². The van der Waals surface area contributed by atoms with Crippen LogP contribution in [0, 0.1) is 13.8 Å². The summed E-state index contributed by atoms with van der Waals surface area (Å²) in [5, 5.41) is 1.73. The number of benzene rings is 1. The number of carbonyl (C=O) groups excluding carboxylic acids is 1. The minimum absolute atomic E-state index is 0.181. The van der Waals surface area contributed by atoms with E-state index in [4.69, 9.17) is 18.9 Å². The molecule has 1 atom stereocenters. The Balaban J connectivity index is 1.58. The molecule has 3 aromatic rings. The molecule has 172 valence electrons. The summed E-state index contributed by atoms with van der Waals surface area (Å²) in [6, 6.07) is 11.9. The number of hydrogen-bond donors (Lipinski definition) is 1. The standard InChI is InChI=1S/C25H28N4O4/c1-4-32-25(30)22-14-19(18-7-5-6-16(2)12-18)27-29(22)23-15-21(28-8-10-31-11-9-28)24-20(26-23)13-17(3)33-24/h5-7,12-15,19,27H,4,8-11H2,1-3H3. The van der Waals surface area contributed by atoms with Crippen LogP contribution in [0.5, 0.6) is 0 Å². The number of hydrogen-bond acceptors (Lipinski definition) is 8. The Labute approximate surface area is 192 Å². The average Bonchev–Trinajstić information content (AvgIpc) is 3.42. The van der Waals surface area contributed by atoms with Crippen LogP contribution in [0.2, 0.25) is 0 Å². The Morgan fingerprint density at radius 2 is 2.03 bits per heavy atom. The van der Waals surface area contributed by atoms with Gasteiger partial charge in [0.05, 0.1) is 31.5 Å². The van der Waals surface area contributed by atoms with Crippen LogP contribution in [-0.4, -0.2) is 43.9 Å². The smallest absolute Gasteiger partial charge is 0.356 e. The molecule has 0 spiro atoms. The van der Waals surface area contributed by atoms with Crippen molar-refractivity contribution in [3.05, 3.63) is 65.1 Å². The Morgan fingerprint density at radius 3 is 2.79 bits per heavy atom. The van der Waals surface area contributed by atoms with Crippen LogP contribution in [0.1, 0.15) is 29.9 Å². The van der Waals surface area contributed by atoms with Gasteiger partial charge in [0.15, 0.2) is 11.4 Å². The van der Waals surface area contributed by atoms with Gasteiger partial charge in [0, 0.05) is 25.2 Å². The van der Waals surface area contributed by atoms with E-state index in [9.17, 15) is 4.79 Å². The van der Waals surface area contributed by atoms with E-state index >= 15 is 0 Å². The molecule has 5 rings (SSSR count). The van der Waals surface area contributed by atoms with Crippen LogP contribution in [0.3, 0.4) is 0 Å². The Bertz CT molecular complexity index is 1210. The van der Waals surface area contributed by atoms with Crippen molar-refractivity contribution in [2.24, 2.45) is 0 Å². The first-order valence-electron chi connectivity index (χ1n) is 11.3. The van der Waals surface area contributed by atoms with E-state index in [-0.39, 0.29) is 6.04 Å². The number of nitrogens with zero attached hydrogens (tertiary/aromatic N) is 3. The summed E-state index contributed by atoms with van der Waals surface area (Å²) in [4.78, 5) is 20.0. The number of anilines is 2. The molecule has 1 aromatic carbocycles. The molecule has 1 N–H and O–H groups in total. The van der Waals surface area contributed by atoms with E-state index in [2.05, 4.69) is 29.4 Å². The number of aryl methyl sites for hydroxylation is 2. The number of morpholine rings is 1. The van der Waals surface area contributed by atoms with Crippen molar-refractivity contribution in [3.63, 3.8) is 0 Å². The van der Waals surface area contributed by atoms with Crippen molar-refractivity contribution in [2.45, 2.75) is 26.8 Å². The summed E-state index contributed by atoms with van der Waals surface area (Å²) < 4.78 is 16.9. The molecule has 33 heavy (non-hydrogen) atoms. The minimum atomic E-state index is -0.390. The predicted molar refractivity (Wildman–Crippen MR) is 126 cm³/mol. The van der Waals surface area contributed by atoms with E-state index in [1.165, 1.54) is 0 Å². The summed E-state index contributed by atoms with van der Waals surface area (Å²) in [5.74, 6) is 1.01. The van der Waals surface area contributed by atoms with Gasteiger partial charge in [0.25, 0.3) is 0 Å². The molecule has 2 aliphatic heterocycles. The maximum Gasteiger partial charge on any atom is 0.356 e. The number of nitrogens with one attached hydrogen (secondary N) is 1. The molecule has 8 heteroatoms. The maximum atomic E-state index is 12.9. The number of rotatable bonds is 5. The Morgan fingerprint density at radius 1 is 1.21 bits per heavy atom. The van der Waals surface area contributed by atoms with Gasteiger partial charge in [-0.2, -0.15) is 0 Å². The second kappa shape index (κ2) is 8.88. The highest BCUT2D eigenvalue weighted by atomic mass is 16.5. The van der Waals surface area contributed by atoms with Gasteiger partial charge in [0.1, 0.15) is 17.0 Å². The van der Waals surface area contributed by atoms with Crippen molar-refractivity contribution in [2.75, 3.05) is 42.8 Å². The zero-order valence-corrected chi connectivity index (χ0v) is 19.1. The lowest BCUT2D eigenvalue weighted by molar-refractivity contribution is -0.138. The summed E-state index contributed by atoms with van der Waals surface area (Å²) in [7, 11) is 0. The van der Waals surface area contributed by atoms with E-state index < -0.39 is 5.97 Å². The van der Waals surface area contributed by atoms with Gasteiger partial charge in [-0.1, -0.05) is 29.8 Å². The molecule has 1 unspecified atom stereocenters. The second-order valence-corrected chi connectivity index (χ2v) is 8.30. The minimum Gasteiger partial charge on any atom is -0.461 e. The van der Waals surface area contributed by atoms with Crippen molar-refractivity contribution >= 4 is 28.6 Å². The average molecular weight is 449 g/mol. The van der Waals surface area contributed by atoms with Gasteiger partial charge in [0.2, 0.25) is 0 Å². The third kappa shape index (κ3) is 4.19. The topological polar surface area (TPSA) is 80.1 Å². The number of furan rings is 1. The molecule has 0 amide bonds. The third-order valence-corrected chi connectivity index (χ3v) is 5.87. The molecule has 2 aliphatic rings. The molecule has 4 heterocycles. The van der Waals surface area contributed by atoms with Gasteiger partial charge in [-0.25, -0.2) is 15.2 Å². The fraction of sp³-hybridized carbons (Fsp3) is 0.360. The van der Waals surface area contributed by atoms with Crippen LogP contribution in [0.4, 0.5) is 11.5 Å². The molecular weight excluding hydrogens is 420 g/mol. The van der Waals surface area contributed by atoms with Crippen LogP contribution in [0.15, 0.2) is 52.6 Å². The first-order valence-corrected chi connectivity index (χ1v) is 11.3. The van der Waals surface area contributed by atoms with Gasteiger partial charge >= 0.3 is 5.97 Å². The van der Waals surface area contributed by atoms with Crippen molar-refractivity contribution in [1.82, 2.24) is 10.4 Å². The van der Waals surface area contributed by atoms with E-state index in [0.717, 1.165) is 46.8 Å². The maximum absolute atomic E-state index is 12.9. The second-order valence-electron chi connectivity index (χ2n) is 8.30. The molecule has 2 aromatic heterocycles. The molecule has 0 saturated carbocycles. The Kier molecular flexibility index (Phi) is 5.78. The zero-order chi connectivity index (χ0) is 22.9. The van der Waals surface area contributed by atoms with E-state index in [1.807, 2.05) is 37.3 Å². The fourth-order valence-corrected chi connectivity index (χ4v) is 4.33. The highest BCUT2D eigenvalue weighted by Gasteiger charge is 2.33. The summed E-state index contributed by atoms with van der Waals surface area (Å²) in [6.07, 6.45) is 1.90.